The monoisotopic (exact) mass is 381 g/mol. The fourth-order valence-electron chi connectivity index (χ4n) is 2.92. The van der Waals surface area contributed by atoms with Gasteiger partial charge in [-0.05, 0) is 56.5 Å². The lowest BCUT2D eigenvalue weighted by atomic mass is 10.0. The zero-order valence-corrected chi connectivity index (χ0v) is 16.8. The fraction of sp³-hybridized carbons (Fsp3) is 0.304. The second-order valence-corrected chi connectivity index (χ2v) is 6.52. The van der Waals surface area contributed by atoms with Crippen molar-refractivity contribution < 1.29 is 19.4 Å². The number of aromatic carboxylic acids is 1. The topological polar surface area (TPSA) is 66.8 Å². The minimum absolute atomic E-state index is 0.0725. The second kappa shape index (κ2) is 9.74. The summed E-state index contributed by atoms with van der Waals surface area (Å²) in [6, 6.07) is 14.6. The molecule has 0 aliphatic heterocycles. The highest BCUT2D eigenvalue weighted by atomic mass is 16.5. The van der Waals surface area contributed by atoms with Crippen LogP contribution in [-0.4, -0.2) is 35.0 Å². The molecule has 0 saturated carbocycles. The lowest BCUT2D eigenvalue weighted by Crippen LogP contribution is -2.28. The number of hydrogen-bond acceptors (Lipinski definition) is 3. The molecule has 5 nitrogen and oxygen atoms in total. The van der Waals surface area contributed by atoms with E-state index in [-0.39, 0.29) is 17.6 Å². The molecule has 0 spiro atoms. The molecule has 148 valence electrons. The van der Waals surface area contributed by atoms with Crippen LogP contribution in [0.4, 0.5) is 0 Å². The standard InChI is InChI=1S/C23H27NO4/c1-5-24(6-2)22(25)14-16(3)19-12-13-21(20(15-19)23(26)27)28-17(4)18-10-8-7-9-11-18/h7-15,17H,5-6H2,1-4H3,(H,26,27). The Morgan fingerprint density at radius 2 is 1.75 bits per heavy atom. The number of rotatable bonds is 8. The van der Waals surface area contributed by atoms with Crippen LogP contribution in [0.25, 0.3) is 5.57 Å². The molecule has 2 aromatic rings. The van der Waals surface area contributed by atoms with Gasteiger partial charge < -0.3 is 14.7 Å². The van der Waals surface area contributed by atoms with E-state index in [0.29, 0.717) is 30.0 Å². The van der Waals surface area contributed by atoms with E-state index in [1.807, 2.05) is 51.1 Å². The first-order valence-electron chi connectivity index (χ1n) is 9.43. The molecular weight excluding hydrogens is 354 g/mol. The van der Waals surface area contributed by atoms with Crippen molar-refractivity contribution >= 4 is 17.4 Å². The summed E-state index contributed by atoms with van der Waals surface area (Å²) >= 11 is 0. The minimum Gasteiger partial charge on any atom is -0.485 e. The number of carbonyl (C=O) groups excluding carboxylic acids is 1. The Morgan fingerprint density at radius 1 is 1.11 bits per heavy atom. The van der Waals surface area contributed by atoms with Crippen LogP contribution in [0.2, 0.25) is 0 Å². The van der Waals surface area contributed by atoms with Gasteiger partial charge in [-0.25, -0.2) is 4.79 Å². The van der Waals surface area contributed by atoms with Gasteiger partial charge in [-0.3, -0.25) is 4.79 Å². The van der Waals surface area contributed by atoms with Crippen molar-refractivity contribution in [3.8, 4) is 5.75 Å². The van der Waals surface area contributed by atoms with E-state index in [9.17, 15) is 14.7 Å². The number of hydrogen-bond donors (Lipinski definition) is 1. The van der Waals surface area contributed by atoms with Crippen molar-refractivity contribution in [3.63, 3.8) is 0 Å². The Balaban J connectivity index is 2.29. The van der Waals surface area contributed by atoms with Crippen LogP contribution in [0.5, 0.6) is 5.75 Å². The van der Waals surface area contributed by atoms with E-state index < -0.39 is 5.97 Å². The van der Waals surface area contributed by atoms with Gasteiger partial charge in [0.25, 0.3) is 0 Å². The number of carboxylic acid groups (broad SMARTS) is 1. The van der Waals surface area contributed by atoms with Crippen LogP contribution in [0.15, 0.2) is 54.6 Å². The van der Waals surface area contributed by atoms with Crippen molar-refractivity contribution in [3.05, 3.63) is 71.3 Å². The van der Waals surface area contributed by atoms with E-state index in [1.165, 1.54) is 0 Å². The number of amides is 1. The molecule has 1 amide bonds. The van der Waals surface area contributed by atoms with Gasteiger partial charge in [-0.15, -0.1) is 0 Å². The average Bonchev–Trinajstić information content (AvgIpc) is 2.69. The van der Waals surface area contributed by atoms with Gasteiger partial charge in [0.15, 0.2) is 0 Å². The molecule has 0 saturated heterocycles. The molecule has 2 aromatic carbocycles. The van der Waals surface area contributed by atoms with E-state index in [0.717, 1.165) is 5.56 Å². The van der Waals surface area contributed by atoms with Crippen molar-refractivity contribution in [2.24, 2.45) is 0 Å². The molecule has 0 heterocycles. The van der Waals surface area contributed by atoms with Crippen LogP contribution >= 0.6 is 0 Å². The molecule has 0 radical (unpaired) electrons. The zero-order valence-electron chi connectivity index (χ0n) is 16.8. The Kier molecular flexibility index (Phi) is 7.38. The molecule has 5 heteroatoms. The molecule has 0 bridgehead atoms. The highest BCUT2D eigenvalue weighted by Gasteiger charge is 2.17. The predicted molar refractivity (Wildman–Crippen MR) is 110 cm³/mol. The van der Waals surface area contributed by atoms with Crippen LogP contribution in [0.3, 0.4) is 0 Å². The van der Waals surface area contributed by atoms with Gasteiger partial charge >= 0.3 is 5.97 Å². The largest absolute Gasteiger partial charge is 0.485 e. The first kappa shape index (κ1) is 21.2. The quantitative estimate of drug-likeness (QED) is 0.667. The minimum atomic E-state index is -1.07. The smallest absolute Gasteiger partial charge is 0.339 e. The molecule has 2 rings (SSSR count). The first-order valence-corrected chi connectivity index (χ1v) is 9.43. The van der Waals surface area contributed by atoms with Gasteiger partial charge in [0.05, 0.1) is 0 Å². The third kappa shape index (κ3) is 5.22. The maximum atomic E-state index is 12.3. The van der Waals surface area contributed by atoms with E-state index >= 15 is 0 Å². The first-order chi connectivity index (χ1) is 13.4. The highest BCUT2D eigenvalue weighted by molar-refractivity contribution is 5.96. The van der Waals surface area contributed by atoms with Gasteiger partial charge in [0.1, 0.15) is 17.4 Å². The van der Waals surface area contributed by atoms with Crippen LogP contribution in [0.1, 0.15) is 55.3 Å². The summed E-state index contributed by atoms with van der Waals surface area (Å²) in [4.78, 5) is 25.8. The van der Waals surface area contributed by atoms with E-state index in [4.69, 9.17) is 4.74 Å². The van der Waals surface area contributed by atoms with Gasteiger partial charge in [-0.2, -0.15) is 0 Å². The summed E-state index contributed by atoms with van der Waals surface area (Å²) in [5.41, 5.74) is 2.42. The third-order valence-electron chi connectivity index (χ3n) is 4.65. The molecule has 1 unspecified atom stereocenters. The van der Waals surface area contributed by atoms with Gasteiger partial charge in [0, 0.05) is 19.2 Å². The Bertz CT molecular complexity index is 854. The van der Waals surface area contributed by atoms with Crippen molar-refractivity contribution in [1.82, 2.24) is 4.90 Å². The van der Waals surface area contributed by atoms with Crippen LogP contribution < -0.4 is 4.74 Å². The Labute approximate surface area is 166 Å². The highest BCUT2D eigenvalue weighted by Crippen LogP contribution is 2.28. The van der Waals surface area contributed by atoms with Gasteiger partial charge in [-0.1, -0.05) is 36.4 Å². The molecule has 0 aliphatic rings. The molecule has 28 heavy (non-hydrogen) atoms. The molecule has 0 aliphatic carbocycles. The third-order valence-corrected chi connectivity index (χ3v) is 4.65. The molecule has 1 atom stereocenters. The van der Waals surface area contributed by atoms with Gasteiger partial charge in [0.2, 0.25) is 5.91 Å². The second-order valence-electron chi connectivity index (χ2n) is 6.52. The number of likely N-dealkylation sites (N-methyl/N-ethyl adjacent to an activating group) is 1. The number of ether oxygens (including phenoxy) is 1. The van der Waals surface area contributed by atoms with Crippen molar-refractivity contribution in [2.45, 2.75) is 33.8 Å². The summed E-state index contributed by atoms with van der Waals surface area (Å²) in [6.07, 6.45) is 1.26. The predicted octanol–water partition coefficient (Wildman–Crippen LogP) is 4.80. The summed E-state index contributed by atoms with van der Waals surface area (Å²) in [7, 11) is 0. The van der Waals surface area contributed by atoms with Crippen molar-refractivity contribution in [2.75, 3.05) is 13.1 Å². The summed E-state index contributed by atoms with van der Waals surface area (Å²) < 4.78 is 5.91. The lowest BCUT2D eigenvalue weighted by Gasteiger charge is -2.18. The van der Waals surface area contributed by atoms with E-state index in [1.54, 1.807) is 36.1 Å². The number of allylic oxidation sites excluding steroid dienone is 1. The molecule has 1 N–H and O–H groups in total. The summed E-state index contributed by atoms with van der Waals surface area (Å²) in [5.74, 6) is -0.854. The maximum absolute atomic E-state index is 12.3. The normalized spacial score (nSPS) is 12.4. The number of nitrogens with zero attached hydrogens (tertiary/aromatic N) is 1. The van der Waals surface area contributed by atoms with Crippen LogP contribution in [0, 0.1) is 0 Å². The zero-order chi connectivity index (χ0) is 20.7. The number of carboxylic acids is 1. The molecule has 0 fully saturated rings. The average molecular weight is 381 g/mol. The molecular formula is C23H27NO4. The number of benzene rings is 2. The summed E-state index contributed by atoms with van der Waals surface area (Å²) in [5, 5.41) is 9.63. The Hall–Kier alpha value is -3.08. The fourth-order valence-corrected chi connectivity index (χ4v) is 2.92. The number of carbonyl (C=O) groups is 2. The Morgan fingerprint density at radius 3 is 2.32 bits per heavy atom. The SMILES string of the molecule is CCN(CC)C(=O)C=C(C)c1ccc(OC(C)c2ccccc2)c(C(=O)O)c1. The summed E-state index contributed by atoms with van der Waals surface area (Å²) in [6.45, 7) is 8.78. The maximum Gasteiger partial charge on any atom is 0.339 e. The lowest BCUT2D eigenvalue weighted by molar-refractivity contribution is -0.125. The van der Waals surface area contributed by atoms with E-state index in [2.05, 4.69) is 0 Å². The molecule has 0 aromatic heterocycles. The van der Waals surface area contributed by atoms with Crippen molar-refractivity contribution in [1.29, 1.82) is 0 Å². The van der Waals surface area contributed by atoms with Crippen LogP contribution in [-0.2, 0) is 4.79 Å².